The Morgan fingerprint density at radius 2 is 0.696 bits per heavy atom. The van der Waals surface area contributed by atoms with E-state index >= 15 is 0 Å². The smallest absolute Gasteiger partial charge is 0.325 e. The van der Waals surface area contributed by atoms with Crippen LogP contribution in [0.3, 0.4) is 0 Å². The number of unbranched alkanes of at least 4 members (excludes halogenated alkanes) is 10. The van der Waals surface area contributed by atoms with Gasteiger partial charge in [-0.2, -0.15) is 0 Å². The normalized spacial score (nSPS) is 26.6. The highest BCUT2D eigenvalue weighted by atomic mass is 31.2. The molecule has 0 aromatic rings. The van der Waals surface area contributed by atoms with Gasteiger partial charge in [-0.05, 0) is 77.0 Å². The van der Waals surface area contributed by atoms with Crippen LogP contribution in [0.1, 0.15) is 188 Å². The number of aliphatic hydroxyl groups excluding tert-OH is 10. The van der Waals surface area contributed by atoms with Crippen molar-refractivity contribution in [3.05, 3.63) is 0 Å². The topological polar surface area (TPSA) is 556 Å². The molecule has 668 valence electrons. The van der Waals surface area contributed by atoms with E-state index in [0.29, 0.717) is 70.6 Å². The second-order valence-electron chi connectivity index (χ2n) is 30.6. The van der Waals surface area contributed by atoms with Crippen molar-refractivity contribution in [2.45, 2.75) is 279 Å². The number of rotatable bonds is 63. The first-order valence-electron chi connectivity index (χ1n) is 41.3. The summed E-state index contributed by atoms with van der Waals surface area (Å²) in [6, 6.07) is -0.480. The molecule has 4 aliphatic rings. The molecule has 4 saturated heterocycles. The van der Waals surface area contributed by atoms with Gasteiger partial charge in [0.15, 0.2) is 18.9 Å². The molecule has 4 aliphatic heterocycles. The van der Waals surface area contributed by atoms with Crippen molar-refractivity contribution in [1.82, 2.24) is 42.1 Å². The minimum absolute atomic E-state index is 0.0904. The van der Waals surface area contributed by atoms with Crippen molar-refractivity contribution < 1.29 is 146 Å². The molecule has 0 spiro atoms. The van der Waals surface area contributed by atoms with Crippen molar-refractivity contribution in [2.24, 2.45) is 17.8 Å². The Hall–Kier alpha value is -4.85. The molecule has 4 fully saturated rings. The maximum Gasteiger partial charge on any atom is 0.325 e. The lowest BCUT2D eigenvalue weighted by Gasteiger charge is -2.40. The third-order valence-corrected chi connectivity index (χ3v) is 21.1. The van der Waals surface area contributed by atoms with Crippen molar-refractivity contribution >= 4 is 54.9 Å². The summed E-state index contributed by atoms with van der Waals surface area (Å²) in [6.45, 7) is 5.84. The lowest BCUT2D eigenvalue weighted by molar-refractivity contribution is -0.282. The highest BCUT2D eigenvalue weighted by Crippen LogP contribution is 2.38. The fourth-order valence-electron chi connectivity index (χ4n) is 13.4. The van der Waals surface area contributed by atoms with Crippen LogP contribution in [-0.2, 0) is 90.1 Å². The van der Waals surface area contributed by atoms with Crippen LogP contribution in [0.4, 0.5) is 0 Å². The van der Waals surface area contributed by atoms with E-state index < -0.39 is 137 Å². The molecule has 8 amide bonds. The predicted octanol–water partition coefficient (Wildman–Crippen LogP) is -1.59. The van der Waals surface area contributed by atoms with Crippen LogP contribution in [0.25, 0.3) is 0 Å². The van der Waals surface area contributed by atoms with Gasteiger partial charge < -0.3 is 145 Å². The van der Waals surface area contributed by atoms with Crippen molar-refractivity contribution in [2.75, 3.05) is 138 Å². The number of carbonyl (C=O) groups excluding carboxylic acids is 8. The SMILES string of the molecule is CC1C(OCCCCC(=O)NCCCNC(=O)CCOCC(COCCC(=O)NCCCNC(=O)CCCCOC2OC(CO)C(O)C(O)C2C)(COCCC(=O)NCCCNC(=O)CCCCOC2OC(CO)C(O)C(O)C2C)NC(=O)CCCCCCCCCCC(=O)N2C[C@H](O)C[C@H]2COP(C)(=O)O)OC(CO)C(O)C1O. The average Bonchev–Trinajstić information content (AvgIpc) is 1.85. The fourth-order valence-corrected chi connectivity index (χ4v) is 13.8. The standard InChI is InChI=1S/C76H139N8O30P/c1-51-67(97)70(100)56(44-85)112-73(51)108-36-16-13-22-59(89)77-30-19-33-80-62(92)27-39-105-48-76(83-65(95)25-11-9-7-5-6-8-10-12-26-66(96)84-43-55(88)42-54(84)47-111-115(4,103)104,49-106-40-28-63(93)81-34-20-31-78-60(90)23-14-17-37-109-74-52(2)68(98)71(101)57(45-86)113-74)50-107-41-29-64(94)82-35-21-32-79-61(91)24-15-18-38-110-75-53(3)69(99)72(102)58(46-87)114-75/h51-58,67-75,85-88,97-102H,5-50H2,1-4H3,(H,77,89)(H,78,90)(H,79,91)(H,80,92)(H,81,93)(H,82,94)(H,83,95)(H,103,104)/t51?,52?,53?,54-,55+,56?,57?,58?,67?,68?,69?,70?,71?,72?,73?,74?,75?,76?/m0/s1. The van der Waals surface area contributed by atoms with E-state index in [1.807, 2.05) is 0 Å². The van der Waals surface area contributed by atoms with Crippen LogP contribution >= 0.6 is 7.60 Å². The Morgan fingerprint density at radius 1 is 0.400 bits per heavy atom. The largest absolute Gasteiger partial charge is 0.394 e. The molecule has 0 bridgehead atoms. The maximum absolute atomic E-state index is 14.0. The number of nitrogens with zero attached hydrogens (tertiary/aromatic N) is 1. The quantitative estimate of drug-likeness (QED) is 0.0241. The maximum atomic E-state index is 14.0. The van der Waals surface area contributed by atoms with Gasteiger partial charge in [0.05, 0.1) is 96.5 Å². The van der Waals surface area contributed by atoms with Crippen LogP contribution in [0.5, 0.6) is 0 Å². The number of amides is 8. The lowest BCUT2D eigenvalue weighted by Crippen LogP contribution is -2.58. The molecule has 115 heavy (non-hydrogen) atoms. The molecule has 4 heterocycles. The zero-order valence-corrected chi connectivity index (χ0v) is 68.8. The van der Waals surface area contributed by atoms with Gasteiger partial charge in [0.1, 0.15) is 42.2 Å². The Balaban J connectivity index is 1.28. The Bertz CT molecular complexity index is 2590. The zero-order valence-electron chi connectivity index (χ0n) is 67.9. The average molecular weight is 1680 g/mol. The van der Waals surface area contributed by atoms with E-state index in [1.165, 1.54) is 4.90 Å². The molecule has 0 radical (unpaired) electrons. The number of carbonyl (C=O) groups is 8. The van der Waals surface area contributed by atoms with E-state index in [4.69, 9.17) is 47.2 Å². The molecule has 16 unspecified atom stereocenters. The Morgan fingerprint density at radius 3 is 1.02 bits per heavy atom. The number of β-amino-alcohol motifs (C(OH)–C–C–N with tert-alkyl or cyclic N) is 1. The molecule has 38 nitrogen and oxygen atoms in total. The molecule has 18 N–H and O–H groups in total. The summed E-state index contributed by atoms with van der Waals surface area (Å²) < 4.78 is 69.1. The third-order valence-electron chi connectivity index (χ3n) is 20.5. The monoisotopic (exact) mass is 1670 g/mol. The molecule has 0 saturated carbocycles. The number of aliphatic hydroxyl groups is 10. The summed E-state index contributed by atoms with van der Waals surface area (Å²) in [4.78, 5) is 115. The fraction of sp³-hybridized carbons (Fsp3) is 0.895. The summed E-state index contributed by atoms with van der Waals surface area (Å²) in [5.74, 6) is -3.77. The van der Waals surface area contributed by atoms with Crippen LogP contribution in [0.15, 0.2) is 0 Å². The number of likely N-dealkylation sites (tertiary alicyclic amines) is 1. The van der Waals surface area contributed by atoms with Gasteiger partial charge in [0.2, 0.25) is 47.3 Å². The van der Waals surface area contributed by atoms with Gasteiger partial charge in [-0.15, -0.1) is 0 Å². The summed E-state index contributed by atoms with van der Waals surface area (Å²) >= 11 is 0. The van der Waals surface area contributed by atoms with Gasteiger partial charge in [-0.1, -0.05) is 59.3 Å². The Labute approximate surface area is 675 Å². The van der Waals surface area contributed by atoms with Gasteiger partial charge in [-0.25, -0.2) is 0 Å². The second-order valence-corrected chi connectivity index (χ2v) is 32.5. The second kappa shape index (κ2) is 58.2. The molecular weight excluding hydrogens is 1540 g/mol. The Kier molecular flexibility index (Phi) is 51.8. The first-order chi connectivity index (χ1) is 55.0. The number of nitrogens with one attached hydrogen (secondary N) is 7. The molecule has 0 aliphatic carbocycles. The first kappa shape index (κ1) is 102. The van der Waals surface area contributed by atoms with Crippen LogP contribution < -0.4 is 37.2 Å². The zero-order chi connectivity index (χ0) is 84.6. The molecule has 18 atom stereocenters. The highest BCUT2D eigenvalue weighted by molar-refractivity contribution is 7.51. The lowest BCUT2D eigenvalue weighted by atomic mass is 9.92. The van der Waals surface area contributed by atoms with Gasteiger partial charge in [0, 0.05) is 141 Å². The van der Waals surface area contributed by atoms with Crippen LogP contribution in [0, 0.1) is 17.8 Å². The molecule has 39 heteroatoms. The molecule has 0 aromatic carbocycles. The predicted molar refractivity (Wildman–Crippen MR) is 413 cm³/mol. The van der Waals surface area contributed by atoms with E-state index in [-0.39, 0.29) is 217 Å². The number of hydrogen-bond donors (Lipinski definition) is 18. The summed E-state index contributed by atoms with van der Waals surface area (Å²) in [5, 5.41) is 120. The molecular formula is C76H139N8O30P. The minimum atomic E-state index is -3.75. The highest BCUT2D eigenvalue weighted by Gasteiger charge is 2.45. The first-order valence-corrected chi connectivity index (χ1v) is 43.3. The minimum Gasteiger partial charge on any atom is -0.394 e. The van der Waals surface area contributed by atoms with Gasteiger partial charge >= 0.3 is 7.60 Å². The van der Waals surface area contributed by atoms with Crippen molar-refractivity contribution in [3.63, 3.8) is 0 Å². The summed E-state index contributed by atoms with van der Waals surface area (Å²) in [5.41, 5.74) is -1.41. The number of ether oxygens (including phenoxy) is 9. The number of hydrogen-bond acceptors (Lipinski definition) is 29. The van der Waals surface area contributed by atoms with E-state index in [2.05, 4.69) is 37.2 Å². The summed E-state index contributed by atoms with van der Waals surface area (Å²) in [7, 11) is -3.75. The van der Waals surface area contributed by atoms with Gasteiger partial charge in [0.25, 0.3) is 0 Å². The van der Waals surface area contributed by atoms with E-state index in [9.17, 15) is 98.9 Å². The third kappa shape index (κ3) is 41.8. The van der Waals surface area contributed by atoms with Crippen molar-refractivity contribution in [3.8, 4) is 0 Å². The molecule has 4 rings (SSSR count). The van der Waals surface area contributed by atoms with E-state index in [1.54, 1.807) is 20.8 Å². The van der Waals surface area contributed by atoms with Gasteiger partial charge in [-0.3, -0.25) is 42.9 Å². The van der Waals surface area contributed by atoms with Crippen LogP contribution in [-0.4, -0.2) is 338 Å². The summed E-state index contributed by atoms with van der Waals surface area (Å²) in [6.07, 6.45) is -1.89. The van der Waals surface area contributed by atoms with Crippen molar-refractivity contribution in [1.29, 1.82) is 0 Å². The van der Waals surface area contributed by atoms with E-state index in [0.717, 1.165) is 45.2 Å². The molecule has 0 aromatic heterocycles. The van der Waals surface area contributed by atoms with Crippen LogP contribution in [0.2, 0.25) is 0 Å².